The molecule has 0 radical (unpaired) electrons. The third-order valence-corrected chi connectivity index (χ3v) is 4.58. The highest BCUT2D eigenvalue weighted by Crippen LogP contribution is 2.20. The Hall–Kier alpha value is -2.19. The molecule has 2 rings (SSSR count). The largest absolute Gasteiger partial charge is 0.456 e. The average molecular weight is 425 g/mol. The first-order valence-corrected chi connectivity index (χ1v) is 9.26. The number of esters is 1. The molecule has 0 unspecified atom stereocenters. The van der Waals surface area contributed by atoms with E-state index in [1.165, 1.54) is 0 Å². The Kier molecular flexibility index (Phi) is 7.62. The van der Waals surface area contributed by atoms with Crippen molar-refractivity contribution in [2.24, 2.45) is 0 Å². The van der Waals surface area contributed by atoms with E-state index in [2.05, 4.69) is 26.6 Å². The maximum Gasteiger partial charge on any atom is 0.306 e. The molecule has 0 aliphatic rings. The zero-order valence-electron chi connectivity index (χ0n) is 13.3. The molecule has 2 aromatic rings. The van der Waals surface area contributed by atoms with Crippen LogP contribution in [0.25, 0.3) is 0 Å². The summed E-state index contributed by atoms with van der Waals surface area (Å²) in [6.07, 6.45) is 0.796. The normalized spacial score (nSPS) is 10.1. The second kappa shape index (κ2) is 9.95. The fraction of sp³-hybridized carbons (Fsp3) is 0.235. The van der Waals surface area contributed by atoms with Crippen LogP contribution in [0.3, 0.4) is 0 Å². The molecule has 0 saturated heterocycles. The summed E-state index contributed by atoms with van der Waals surface area (Å²) in [6.45, 7) is -0.600. The zero-order chi connectivity index (χ0) is 18.1. The predicted molar refractivity (Wildman–Crippen MR) is 99.4 cm³/mol. The molecule has 0 spiro atoms. The number of anilines is 1. The summed E-state index contributed by atoms with van der Waals surface area (Å²) in [5.74, 6) is -1.34. The van der Waals surface area contributed by atoms with E-state index in [0.717, 1.165) is 10.0 Å². The molecule has 2 N–H and O–H groups in total. The second-order valence-electron chi connectivity index (χ2n) is 5.10. The highest BCUT2D eigenvalue weighted by Gasteiger charge is 2.10. The summed E-state index contributed by atoms with van der Waals surface area (Å²) >= 11 is 4.88. The maximum atomic E-state index is 11.8. The van der Waals surface area contributed by atoms with Crippen LogP contribution < -0.4 is 10.6 Å². The van der Waals surface area contributed by atoms with E-state index >= 15 is 0 Å². The number of amides is 2. The molecule has 0 fully saturated rings. The van der Waals surface area contributed by atoms with Crippen LogP contribution in [0.4, 0.5) is 5.69 Å². The van der Waals surface area contributed by atoms with Gasteiger partial charge in [0, 0.05) is 10.9 Å². The van der Waals surface area contributed by atoms with Gasteiger partial charge in [0.1, 0.15) is 0 Å². The number of hydrogen-bond acceptors (Lipinski definition) is 5. The van der Waals surface area contributed by atoms with Crippen LogP contribution in [0.2, 0.25) is 0 Å². The standard InChI is InChI=1S/C17H17BrN2O4S/c18-13-3-1-2-4-14(13)20-15(21)9-19-16(22)10-24-17(23)6-5-12-7-8-25-11-12/h1-4,7-8,11H,5-6,9-10H2,(H,19,22)(H,20,21). The van der Waals surface area contributed by atoms with Crippen LogP contribution in [0.15, 0.2) is 45.6 Å². The lowest BCUT2D eigenvalue weighted by atomic mass is 10.2. The van der Waals surface area contributed by atoms with Crippen LogP contribution in [-0.4, -0.2) is 30.9 Å². The number of para-hydroxylation sites is 1. The molecule has 0 saturated carbocycles. The minimum absolute atomic E-state index is 0.202. The molecule has 6 nitrogen and oxygen atoms in total. The van der Waals surface area contributed by atoms with Crippen LogP contribution in [0, 0.1) is 0 Å². The predicted octanol–water partition coefficient (Wildman–Crippen LogP) is 2.74. The second-order valence-corrected chi connectivity index (χ2v) is 6.73. The van der Waals surface area contributed by atoms with Gasteiger partial charge in [-0.25, -0.2) is 0 Å². The minimum atomic E-state index is -0.522. The van der Waals surface area contributed by atoms with Crippen LogP contribution in [-0.2, 0) is 25.5 Å². The van der Waals surface area contributed by atoms with Crippen LogP contribution in [0.1, 0.15) is 12.0 Å². The van der Waals surface area contributed by atoms with Gasteiger partial charge in [-0.05, 0) is 56.9 Å². The molecule has 2 amide bonds. The first kappa shape index (κ1) is 19.1. The number of carbonyl (C=O) groups excluding carboxylic acids is 3. The average Bonchev–Trinajstić information content (AvgIpc) is 3.12. The maximum absolute atomic E-state index is 11.8. The Morgan fingerprint density at radius 1 is 1.12 bits per heavy atom. The van der Waals surface area contributed by atoms with E-state index in [1.807, 2.05) is 22.9 Å². The Balaban J connectivity index is 1.62. The van der Waals surface area contributed by atoms with Crippen LogP contribution >= 0.6 is 27.3 Å². The first-order chi connectivity index (χ1) is 12.0. The van der Waals surface area contributed by atoms with Gasteiger partial charge in [0.05, 0.1) is 12.2 Å². The smallest absolute Gasteiger partial charge is 0.306 e. The summed E-state index contributed by atoms with van der Waals surface area (Å²) in [7, 11) is 0. The van der Waals surface area contributed by atoms with Gasteiger partial charge in [-0.3, -0.25) is 14.4 Å². The third kappa shape index (κ3) is 7.06. The number of carbonyl (C=O) groups is 3. The molecule has 1 heterocycles. The quantitative estimate of drug-likeness (QED) is 0.638. The molecule has 0 aliphatic heterocycles. The van der Waals surface area contributed by atoms with Gasteiger partial charge >= 0.3 is 5.97 Å². The van der Waals surface area contributed by atoms with Gasteiger partial charge in [0.15, 0.2) is 6.61 Å². The van der Waals surface area contributed by atoms with E-state index in [0.29, 0.717) is 12.1 Å². The molecule has 1 aromatic heterocycles. The Morgan fingerprint density at radius 2 is 1.92 bits per heavy atom. The Bertz CT molecular complexity index is 734. The van der Waals surface area contributed by atoms with Gasteiger partial charge in [-0.2, -0.15) is 11.3 Å². The molecule has 8 heteroatoms. The van der Waals surface area contributed by atoms with Gasteiger partial charge < -0.3 is 15.4 Å². The van der Waals surface area contributed by atoms with Gasteiger partial charge in [-0.1, -0.05) is 12.1 Å². The molecule has 132 valence electrons. The van der Waals surface area contributed by atoms with Crippen molar-refractivity contribution in [2.45, 2.75) is 12.8 Å². The zero-order valence-corrected chi connectivity index (χ0v) is 15.7. The number of rotatable bonds is 8. The highest BCUT2D eigenvalue weighted by atomic mass is 79.9. The van der Waals surface area contributed by atoms with Crippen LogP contribution in [0.5, 0.6) is 0 Å². The van der Waals surface area contributed by atoms with Gasteiger partial charge in [0.2, 0.25) is 5.91 Å². The highest BCUT2D eigenvalue weighted by molar-refractivity contribution is 9.10. The minimum Gasteiger partial charge on any atom is -0.456 e. The summed E-state index contributed by atoms with van der Waals surface area (Å²) in [5, 5.41) is 8.96. The molecule has 0 aliphatic carbocycles. The number of hydrogen-bond donors (Lipinski definition) is 2. The van der Waals surface area contributed by atoms with E-state index in [4.69, 9.17) is 4.74 Å². The van der Waals surface area contributed by atoms with Crippen molar-refractivity contribution >= 4 is 50.7 Å². The van der Waals surface area contributed by atoms with Crippen molar-refractivity contribution in [3.05, 3.63) is 51.1 Å². The Labute approximate surface area is 157 Å². The number of benzene rings is 1. The van der Waals surface area contributed by atoms with E-state index in [9.17, 15) is 14.4 Å². The molecular formula is C17H17BrN2O4S. The lowest BCUT2D eigenvalue weighted by Gasteiger charge is -2.08. The SMILES string of the molecule is O=C(COC(=O)CCc1ccsc1)NCC(=O)Nc1ccccc1Br. The summed E-state index contributed by atoms with van der Waals surface area (Å²) in [5.41, 5.74) is 1.68. The van der Waals surface area contributed by atoms with Crippen molar-refractivity contribution < 1.29 is 19.1 Å². The number of ether oxygens (including phenoxy) is 1. The van der Waals surface area contributed by atoms with E-state index in [1.54, 1.807) is 29.5 Å². The fourth-order valence-corrected chi connectivity index (χ4v) is 2.97. The van der Waals surface area contributed by atoms with E-state index in [-0.39, 0.29) is 18.9 Å². The summed E-state index contributed by atoms with van der Waals surface area (Å²) in [6, 6.07) is 9.08. The molecule has 25 heavy (non-hydrogen) atoms. The monoisotopic (exact) mass is 424 g/mol. The van der Waals surface area contributed by atoms with Gasteiger partial charge in [0.25, 0.3) is 5.91 Å². The van der Waals surface area contributed by atoms with Crippen molar-refractivity contribution in [2.75, 3.05) is 18.5 Å². The number of nitrogens with one attached hydrogen (secondary N) is 2. The lowest BCUT2D eigenvalue weighted by Crippen LogP contribution is -2.35. The summed E-state index contributed by atoms with van der Waals surface area (Å²) in [4.78, 5) is 35.0. The number of aryl methyl sites for hydroxylation is 1. The van der Waals surface area contributed by atoms with Crippen molar-refractivity contribution in [3.8, 4) is 0 Å². The molecular weight excluding hydrogens is 408 g/mol. The first-order valence-electron chi connectivity index (χ1n) is 7.52. The Morgan fingerprint density at radius 3 is 2.64 bits per heavy atom. The van der Waals surface area contributed by atoms with Crippen molar-refractivity contribution in [3.63, 3.8) is 0 Å². The van der Waals surface area contributed by atoms with E-state index < -0.39 is 18.5 Å². The number of thiophene rings is 1. The van der Waals surface area contributed by atoms with Gasteiger partial charge in [-0.15, -0.1) is 0 Å². The van der Waals surface area contributed by atoms with Crippen molar-refractivity contribution in [1.82, 2.24) is 5.32 Å². The topological polar surface area (TPSA) is 84.5 Å². The molecule has 0 bridgehead atoms. The lowest BCUT2D eigenvalue weighted by molar-refractivity contribution is -0.148. The molecule has 0 atom stereocenters. The van der Waals surface area contributed by atoms with Crippen molar-refractivity contribution in [1.29, 1.82) is 0 Å². The molecule has 1 aromatic carbocycles. The fourth-order valence-electron chi connectivity index (χ4n) is 1.89. The summed E-state index contributed by atoms with van der Waals surface area (Å²) < 4.78 is 5.63. The number of halogens is 1. The third-order valence-electron chi connectivity index (χ3n) is 3.16.